The van der Waals surface area contributed by atoms with Crippen molar-refractivity contribution in [3.05, 3.63) is 71.9 Å². The van der Waals surface area contributed by atoms with E-state index < -0.39 is 0 Å². The molecule has 116 valence electrons. The Kier molecular flexibility index (Phi) is 5.10. The number of hydrogen-bond donors (Lipinski definition) is 1. The smallest absolute Gasteiger partial charge is 0.154 e. The molecule has 1 N–H and O–H groups in total. The van der Waals surface area contributed by atoms with Gasteiger partial charge in [-0.3, -0.25) is 5.43 Å². The van der Waals surface area contributed by atoms with Crippen LogP contribution < -0.4 is 5.43 Å². The van der Waals surface area contributed by atoms with Crippen LogP contribution >= 0.6 is 24.0 Å². The number of para-hydroxylation sites is 1. The van der Waals surface area contributed by atoms with Gasteiger partial charge in [0, 0.05) is 35.5 Å². The van der Waals surface area contributed by atoms with Crippen LogP contribution in [-0.4, -0.2) is 15.1 Å². The monoisotopic (exact) mass is 339 g/mol. The molecule has 3 rings (SSSR count). The van der Waals surface area contributed by atoms with E-state index in [-0.39, 0.29) is 0 Å². The zero-order chi connectivity index (χ0) is 16.1. The Morgan fingerprint density at radius 1 is 1.17 bits per heavy atom. The summed E-state index contributed by atoms with van der Waals surface area (Å²) in [6.07, 6.45) is 3.88. The lowest BCUT2D eigenvalue weighted by atomic mass is 10.2. The van der Waals surface area contributed by atoms with Gasteiger partial charge in [-0.15, -0.1) is 0 Å². The quantitative estimate of drug-likeness (QED) is 0.436. The molecule has 0 spiro atoms. The fraction of sp³-hybridized carbons (Fsp3) is 0.111. The molecule has 5 heteroatoms. The first kappa shape index (κ1) is 15.8. The van der Waals surface area contributed by atoms with Gasteiger partial charge in [-0.05, 0) is 11.6 Å². The Morgan fingerprint density at radius 3 is 2.74 bits per heavy atom. The van der Waals surface area contributed by atoms with Crippen LogP contribution in [0.4, 0.5) is 0 Å². The van der Waals surface area contributed by atoms with Gasteiger partial charge in [-0.1, -0.05) is 72.5 Å². The van der Waals surface area contributed by atoms with Gasteiger partial charge in [0.15, 0.2) is 4.32 Å². The number of hydrazone groups is 1. The summed E-state index contributed by atoms with van der Waals surface area (Å²) in [4.78, 5) is 0. The van der Waals surface area contributed by atoms with E-state index in [0.717, 1.165) is 11.3 Å². The maximum atomic E-state index is 5.30. The number of thiocarbonyl (C=S) groups is 1. The van der Waals surface area contributed by atoms with Crippen LogP contribution in [0.2, 0.25) is 0 Å². The predicted molar refractivity (Wildman–Crippen MR) is 104 cm³/mol. The van der Waals surface area contributed by atoms with Gasteiger partial charge < -0.3 is 4.57 Å². The number of thioether (sulfide) groups is 1. The van der Waals surface area contributed by atoms with E-state index in [1.54, 1.807) is 11.8 Å². The molecule has 0 aliphatic heterocycles. The van der Waals surface area contributed by atoms with Crippen LogP contribution in [0.1, 0.15) is 11.1 Å². The van der Waals surface area contributed by atoms with Gasteiger partial charge in [-0.2, -0.15) is 5.10 Å². The fourth-order valence-corrected chi connectivity index (χ4v) is 3.22. The van der Waals surface area contributed by atoms with Crippen LogP contribution in [-0.2, 0) is 12.8 Å². The van der Waals surface area contributed by atoms with Crippen LogP contribution in [0.3, 0.4) is 0 Å². The maximum Gasteiger partial charge on any atom is 0.154 e. The van der Waals surface area contributed by atoms with Crippen molar-refractivity contribution < 1.29 is 0 Å². The highest BCUT2D eigenvalue weighted by Crippen LogP contribution is 2.18. The van der Waals surface area contributed by atoms with Crippen molar-refractivity contribution in [2.24, 2.45) is 12.1 Å². The van der Waals surface area contributed by atoms with Crippen molar-refractivity contribution in [3.8, 4) is 0 Å². The molecule has 0 saturated heterocycles. The number of benzene rings is 2. The number of nitrogens with one attached hydrogen (secondary N) is 1. The molecule has 0 fully saturated rings. The summed E-state index contributed by atoms with van der Waals surface area (Å²) in [5.41, 5.74) is 6.44. The minimum atomic E-state index is 0.672. The number of aromatic nitrogens is 1. The van der Waals surface area contributed by atoms with Gasteiger partial charge in [-0.25, -0.2) is 0 Å². The molecule has 3 aromatic rings. The average molecular weight is 339 g/mol. The Labute approximate surface area is 145 Å². The highest BCUT2D eigenvalue weighted by molar-refractivity contribution is 8.22. The van der Waals surface area contributed by atoms with Gasteiger partial charge >= 0.3 is 0 Å². The molecule has 23 heavy (non-hydrogen) atoms. The van der Waals surface area contributed by atoms with E-state index in [9.17, 15) is 0 Å². The van der Waals surface area contributed by atoms with Gasteiger partial charge in [0.25, 0.3) is 0 Å². The molecule has 0 saturated carbocycles. The van der Waals surface area contributed by atoms with Crippen LogP contribution in [0.5, 0.6) is 0 Å². The Morgan fingerprint density at radius 2 is 1.91 bits per heavy atom. The molecular formula is C18H17N3S2. The molecule has 0 atom stereocenters. The van der Waals surface area contributed by atoms with Gasteiger partial charge in [0.05, 0.1) is 6.21 Å². The molecule has 2 aromatic carbocycles. The summed E-state index contributed by atoms with van der Waals surface area (Å²) in [6, 6.07) is 18.5. The second-order valence-corrected chi connectivity index (χ2v) is 6.80. The summed E-state index contributed by atoms with van der Waals surface area (Å²) in [5, 5.41) is 5.45. The van der Waals surface area contributed by atoms with Gasteiger partial charge in [0.2, 0.25) is 0 Å². The highest BCUT2D eigenvalue weighted by Gasteiger charge is 2.03. The molecule has 0 radical (unpaired) electrons. The number of fused-ring (bicyclic) bond motifs is 1. The van der Waals surface area contributed by atoms with Crippen LogP contribution in [0.15, 0.2) is 65.9 Å². The fourth-order valence-electron chi connectivity index (χ4n) is 2.39. The standard InChI is InChI=1S/C18H17N3S2/c1-21-12-15(16-9-5-6-10-17(16)21)11-19-20-18(22)23-13-14-7-3-2-4-8-14/h2-12H,13H2,1H3,(H,20,22)/b19-11+. The number of hydrogen-bond acceptors (Lipinski definition) is 3. The second-order valence-electron chi connectivity index (χ2n) is 5.14. The SMILES string of the molecule is Cn1cc(/C=N/NC(=S)SCc2ccccc2)c2ccccc21. The molecule has 0 aliphatic carbocycles. The van der Waals surface area contributed by atoms with Crippen molar-refractivity contribution in [2.75, 3.05) is 0 Å². The number of nitrogens with zero attached hydrogens (tertiary/aromatic N) is 2. The third kappa shape index (κ3) is 4.00. The highest BCUT2D eigenvalue weighted by atomic mass is 32.2. The lowest BCUT2D eigenvalue weighted by molar-refractivity contribution is 0.967. The normalized spacial score (nSPS) is 11.2. The van der Waals surface area contributed by atoms with Crippen molar-refractivity contribution in [3.63, 3.8) is 0 Å². The van der Waals surface area contributed by atoms with E-state index in [0.29, 0.717) is 4.32 Å². The Balaban J connectivity index is 1.59. The average Bonchev–Trinajstić information content (AvgIpc) is 2.91. The summed E-state index contributed by atoms with van der Waals surface area (Å²) in [7, 11) is 2.04. The molecule has 0 amide bonds. The summed E-state index contributed by atoms with van der Waals surface area (Å²) >= 11 is 6.88. The third-order valence-corrected chi connectivity index (χ3v) is 4.78. The topological polar surface area (TPSA) is 29.3 Å². The molecular weight excluding hydrogens is 322 g/mol. The maximum absolute atomic E-state index is 5.30. The molecule has 0 aliphatic rings. The molecule has 1 heterocycles. The first-order chi connectivity index (χ1) is 11.2. The number of aryl methyl sites for hydroxylation is 1. The Hall–Kier alpha value is -2.11. The summed E-state index contributed by atoms with van der Waals surface area (Å²) in [5.74, 6) is 0.844. The molecule has 0 bridgehead atoms. The van der Waals surface area contributed by atoms with Crippen molar-refractivity contribution in [2.45, 2.75) is 5.75 Å². The predicted octanol–water partition coefficient (Wildman–Crippen LogP) is 4.32. The lowest BCUT2D eigenvalue weighted by Gasteiger charge is -2.02. The summed E-state index contributed by atoms with van der Waals surface area (Å²) < 4.78 is 2.77. The van der Waals surface area contributed by atoms with Crippen molar-refractivity contribution in [1.82, 2.24) is 9.99 Å². The van der Waals surface area contributed by atoms with E-state index in [1.165, 1.54) is 16.5 Å². The van der Waals surface area contributed by atoms with Crippen molar-refractivity contribution in [1.29, 1.82) is 0 Å². The van der Waals surface area contributed by atoms with Crippen molar-refractivity contribution >= 4 is 45.4 Å². The van der Waals surface area contributed by atoms with E-state index in [2.05, 4.69) is 45.6 Å². The zero-order valence-corrected chi connectivity index (χ0v) is 14.4. The Bertz CT molecular complexity index is 838. The molecule has 0 unspecified atom stereocenters. The van der Waals surface area contributed by atoms with E-state index >= 15 is 0 Å². The van der Waals surface area contributed by atoms with Crippen LogP contribution in [0.25, 0.3) is 10.9 Å². The molecule has 3 nitrogen and oxygen atoms in total. The van der Waals surface area contributed by atoms with E-state index in [1.807, 2.05) is 43.6 Å². The first-order valence-electron chi connectivity index (χ1n) is 7.28. The lowest BCUT2D eigenvalue weighted by Crippen LogP contribution is -2.11. The minimum Gasteiger partial charge on any atom is -0.350 e. The first-order valence-corrected chi connectivity index (χ1v) is 8.67. The number of rotatable bonds is 4. The third-order valence-electron chi connectivity index (χ3n) is 3.50. The zero-order valence-electron chi connectivity index (χ0n) is 12.8. The molecule has 1 aromatic heterocycles. The second kappa shape index (κ2) is 7.44. The van der Waals surface area contributed by atoms with Gasteiger partial charge in [0.1, 0.15) is 0 Å². The minimum absolute atomic E-state index is 0.672. The van der Waals surface area contributed by atoms with E-state index in [4.69, 9.17) is 12.2 Å². The van der Waals surface area contributed by atoms with Crippen LogP contribution in [0, 0.1) is 0 Å². The largest absolute Gasteiger partial charge is 0.350 e. The summed E-state index contributed by atoms with van der Waals surface area (Å²) in [6.45, 7) is 0.